The number of rotatable bonds is 5. The second kappa shape index (κ2) is 6.77. The molecule has 1 aromatic carbocycles. The van der Waals surface area contributed by atoms with E-state index in [0.29, 0.717) is 17.8 Å². The van der Waals surface area contributed by atoms with Crippen molar-refractivity contribution in [1.82, 2.24) is 0 Å². The summed E-state index contributed by atoms with van der Waals surface area (Å²) in [7, 11) is 0. The van der Waals surface area contributed by atoms with E-state index in [4.69, 9.17) is 0 Å². The summed E-state index contributed by atoms with van der Waals surface area (Å²) in [4.78, 5) is 24.3. The molecule has 0 fully saturated rings. The summed E-state index contributed by atoms with van der Waals surface area (Å²) in [6.45, 7) is 13.0. The molecule has 2 amide bonds. The van der Waals surface area contributed by atoms with Crippen molar-refractivity contribution in [2.45, 2.75) is 41.0 Å². The highest BCUT2D eigenvalue weighted by atomic mass is 16.2. The minimum atomic E-state index is -0.521. The molecule has 0 saturated carbocycles. The van der Waals surface area contributed by atoms with Crippen LogP contribution in [0.25, 0.3) is 0 Å². The number of hydrogen-bond acceptors (Lipinski definition) is 2. The zero-order chi connectivity index (χ0) is 17.0. The van der Waals surface area contributed by atoms with Gasteiger partial charge in [-0.3, -0.25) is 9.59 Å². The van der Waals surface area contributed by atoms with Crippen LogP contribution in [-0.4, -0.2) is 11.8 Å². The lowest BCUT2D eigenvalue weighted by Crippen LogP contribution is -2.30. The van der Waals surface area contributed by atoms with E-state index in [1.54, 1.807) is 30.3 Å². The summed E-state index contributed by atoms with van der Waals surface area (Å²) < 4.78 is 0. The molecule has 0 radical (unpaired) electrons. The van der Waals surface area contributed by atoms with Gasteiger partial charge in [-0.1, -0.05) is 46.8 Å². The highest BCUT2D eigenvalue weighted by Crippen LogP contribution is 2.25. The van der Waals surface area contributed by atoms with Crippen molar-refractivity contribution < 1.29 is 9.59 Å². The molecule has 0 unspecified atom stereocenters. The van der Waals surface area contributed by atoms with Gasteiger partial charge in [0.05, 0.1) is 0 Å². The first kappa shape index (κ1) is 18.0. The van der Waals surface area contributed by atoms with E-state index in [0.717, 1.165) is 0 Å². The minimum Gasteiger partial charge on any atom is -0.326 e. The van der Waals surface area contributed by atoms with Crippen LogP contribution in [-0.2, 0) is 9.59 Å². The standard InChI is InChI=1S/C18H26N2O2/c1-7-11-18(5,6)16(22)20-14-10-8-9-13(12-14)19-15(21)17(2,3)4/h7-10,12H,1,11H2,2-6H3,(H,19,21)(H,20,22). The van der Waals surface area contributed by atoms with E-state index in [9.17, 15) is 9.59 Å². The van der Waals surface area contributed by atoms with Gasteiger partial charge in [0.25, 0.3) is 0 Å². The van der Waals surface area contributed by atoms with Gasteiger partial charge in [-0.2, -0.15) is 0 Å². The molecular formula is C18H26N2O2. The number of allylic oxidation sites excluding steroid dienone is 1. The van der Waals surface area contributed by atoms with Gasteiger partial charge in [0.1, 0.15) is 0 Å². The van der Waals surface area contributed by atoms with Crippen molar-refractivity contribution in [3.63, 3.8) is 0 Å². The molecule has 0 saturated heterocycles. The van der Waals surface area contributed by atoms with Gasteiger partial charge in [0.15, 0.2) is 0 Å². The molecule has 1 rings (SSSR count). The van der Waals surface area contributed by atoms with Crippen LogP contribution >= 0.6 is 0 Å². The van der Waals surface area contributed by atoms with Crippen LogP contribution in [0.3, 0.4) is 0 Å². The normalized spacial score (nSPS) is 11.7. The average Bonchev–Trinajstić information content (AvgIpc) is 2.37. The van der Waals surface area contributed by atoms with Gasteiger partial charge in [-0.15, -0.1) is 6.58 Å². The van der Waals surface area contributed by atoms with Crippen LogP contribution in [0, 0.1) is 10.8 Å². The Morgan fingerprint density at radius 1 is 1.05 bits per heavy atom. The Kier molecular flexibility index (Phi) is 5.53. The van der Waals surface area contributed by atoms with Crippen LogP contribution in [0.2, 0.25) is 0 Å². The van der Waals surface area contributed by atoms with Crippen LogP contribution in [0.1, 0.15) is 41.0 Å². The van der Waals surface area contributed by atoms with E-state index in [2.05, 4.69) is 17.2 Å². The van der Waals surface area contributed by atoms with Gasteiger partial charge in [0.2, 0.25) is 11.8 Å². The summed E-state index contributed by atoms with van der Waals surface area (Å²) in [5.74, 6) is -0.144. The number of anilines is 2. The Labute approximate surface area is 133 Å². The van der Waals surface area contributed by atoms with Crippen LogP contribution in [0.4, 0.5) is 11.4 Å². The predicted octanol–water partition coefficient (Wildman–Crippen LogP) is 4.21. The molecular weight excluding hydrogens is 276 g/mol. The van der Waals surface area contributed by atoms with Crippen LogP contribution < -0.4 is 10.6 Å². The summed E-state index contributed by atoms with van der Waals surface area (Å²) >= 11 is 0. The van der Waals surface area contributed by atoms with Crippen molar-refractivity contribution in [2.24, 2.45) is 10.8 Å². The summed E-state index contributed by atoms with van der Waals surface area (Å²) in [5, 5.41) is 5.73. The molecule has 0 spiro atoms. The van der Waals surface area contributed by atoms with E-state index in [1.165, 1.54) is 0 Å². The van der Waals surface area contributed by atoms with Crippen molar-refractivity contribution in [3.05, 3.63) is 36.9 Å². The van der Waals surface area contributed by atoms with Gasteiger partial charge in [-0.25, -0.2) is 0 Å². The first-order chi connectivity index (χ1) is 10.1. The number of nitrogens with one attached hydrogen (secondary N) is 2. The number of carbonyl (C=O) groups is 2. The van der Waals surface area contributed by atoms with Crippen molar-refractivity contribution in [1.29, 1.82) is 0 Å². The van der Waals surface area contributed by atoms with Gasteiger partial charge >= 0.3 is 0 Å². The molecule has 0 aliphatic rings. The molecule has 4 nitrogen and oxygen atoms in total. The fraction of sp³-hybridized carbons (Fsp3) is 0.444. The van der Waals surface area contributed by atoms with E-state index >= 15 is 0 Å². The zero-order valence-electron chi connectivity index (χ0n) is 14.1. The van der Waals surface area contributed by atoms with Gasteiger partial charge in [0, 0.05) is 22.2 Å². The maximum absolute atomic E-state index is 12.3. The van der Waals surface area contributed by atoms with Gasteiger partial charge in [-0.05, 0) is 24.6 Å². The summed E-state index contributed by atoms with van der Waals surface area (Å²) in [6.07, 6.45) is 2.33. The Morgan fingerprint density at radius 2 is 1.55 bits per heavy atom. The second-order valence-corrected chi connectivity index (χ2v) is 7.12. The molecule has 1 aromatic rings. The van der Waals surface area contributed by atoms with Crippen LogP contribution in [0.15, 0.2) is 36.9 Å². The molecule has 0 heterocycles. The lowest BCUT2D eigenvalue weighted by atomic mass is 9.88. The third-order valence-electron chi connectivity index (χ3n) is 3.33. The third-order valence-corrected chi connectivity index (χ3v) is 3.33. The maximum atomic E-state index is 12.3. The van der Waals surface area contributed by atoms with E-state index in [-0.39, 0.29) is 11.8 Å². The number of benzene rings is 1. The van der Waals surface area contributed by atoms with Crippen LogP contribution in [0.5, 0.6) is 0 Å². The highest BCUT2D eigenvalue weighted by molar-refractivity contribution is 5.97. The molecule has 0 aliphatic heterocycles. The fourth-order valence-electron chi connectivity index (χ4n) is 1.75. The Balaban J connectivity index is 2.83. The largest absolute Gasteiger partial charge is 0.326 e. The first-order valence-electron chi connectivity index (χ1n) is 7.40. The van der Waals surface area contributed by atoms with Crippen molar-refractivity contribution in [3.8, 4) is 0 Å². The quantitative estimate of drug-likeness (QED) is 0.800. The molecule has 120 valence electrons. The van der Waals surface area contributed by atoms with Crippen molar-refractivity contribution in [2.75, 3.05) is 10.6 Å². The fourth-order valence-corrected chi connectivity index (χ4v) is 1.75. The molecule has 0 bridgehead atoms. The summed E-state index contributed by atoms with van der Waals surface area (Å²) in [6, 6.07) is 7.16. The highest BCUT2D eigenvalue weighted by Gasteiger charge is 2.26. The van der Waals surface area contributed by atoms with E-state index < -0.39 is 10.8 Å². The monoisotopic (exact) mass is 302 g/mol. The predicted molar refractivity (Wildman–Crippen MR) is 91.8 cm³/mol. The Hall–Kier alpha value is -2.10. The molecule has 0 aliphatic carbocycles. The Bertz CT molecular complexity index is 569. The minimum absolute atomic E-state index is 0.0667. The number of hydrogen-bond donors (Lipinski definition) is 2. The average molecular weight is 302 g/mol. The smallest absolute Gasteiger partial charge is 0.230 e. The lowest BCUT2D eigenvalue weighted by molar-refractivity contribution is -0.124. The molecule has 22 heavy (non-hydrogen) atoms. The molecule has 0 atom stereocenters. The molecule has 2 N–H and O–H groups in total. The number of carbonyl (C=O) groups excluding carboxylic acids is 2. The van der Waals surface area contributed by atoms with E-state index in [1.807, 2.05) is 34.6 Å². The lowest BCUT2D eigenvalue weighted by Gasteiger charge is -2.22. The first-order valence-corrected chi connectivity index (χ1v) is 7.40. The number of amides is 2. The second-order valence-electron chi connectivity index (χ2n) is 7.12. The summed E-state index contributed by atoms with van der Waals surface area (Å²) in [5.41, 5.74) is 0.338. The van der Waals surface area contributed by atoms with Gasteiger partial charge < -0.3 is 10.6 Å². The molecule has 0 aromatic heterocycles. The maximum Gasteiger partial charge on any atom is 0.230 e. The van der Waals surface area contributed by atoms with Crippen molar-refractivity contribution >= 4 is 23.2 Å². The SMILES string of the molecule is C=CCC(C)(C)C(=O)Nc1cccc(NC(=O)C(C)(C)C)c1. The third kappa shape index (κ3) is 5.02. The molecule has 4 heteroatoms. The Morgan fingerprint density at radius 3 is 2.00 bits per heavy atom. The zero-order valence-corrected chi connectivity index (χ0v) is 14.1. The topological polar surface area (TPSA) is 58.2 Å².